The maximum Gasteiger partial charge on any atom is 0.203 e. The number of nitrogens with zero attached hydrogens (tertiary/aromatic N) is 2. The number of ether oxygens (including phenoxy) is 1. The van der Waals surface area contributed by atoms with E-state index in [0.29, 0.717) is 10.7 Å². The van der Waals surface area contributed by atoms with Crippen LogP contribution in [0.15, 0.2) is 77.2 Å². The summed E-state index contributed by atoms with van der Waals surface area (Å²) in [5.74, 6) is -2.08. The summed E-state index contributed by atoms with van der Waals surface area (Å²) in [6, 6.07) is 17.2. The van der Waals surface area contributed by atoms with Crippen molar-refractivity contribution in [2.75, 3.05) is 5.43 Å². The molecule has 31 heavy (non-hydrogen) atoms. The van der Waals surface area contributed by atoms with Gasteiger partial charge in [0, 0.05) is 22.6 Å². The number of thiazole rings is 1. The molecule has 1 N–H and O–H groups in total. The molecule has 0 aliphatic rings. The Labute approximate surface area is 180 Å². The third-order valence-corrected chi connectivity index (χ3v) is 5.05. The second-order valence-corrected chi connectivity index (χ2v) is 7.35. The van der Waals surface area contributed by atoms with Crippen LogP contribution in [0.25, 0.3) is 11.3 Å². The second kappa shape index (κ2) is 9.44. The van der Waals surface area contributed by atoms with Gasteiger partial charge in [-0.3, -0.25) is 5.43 Å². The fourth-order valence-electron chi connectivity index (χ4n) is 2.74. The number of nitrogens with one attached hydrogen (secondary N) is 1. The van der Waals surface area contributed by atoms with Gasteiger partial charge in [-0.05, 0) is 35.9 Å². The molecule has 0 atom stereocenters. The Hall–Kier alpha value is -3.65. The van der Waals surface area contributed by atoms with E-state index in [9.17, 15) is 13.2 Å². The molecule has 3 aromatic carbocycles. The quantitative estimate of drug-likeness (QED) is 0.273. The van der Waals surface area contributed by atoms with E-state index in [-0.39, 0.29) is 17.9 Å². The topological polar surface area (TPSA) is 46.5 Å². The average Bonchev–Trinajstić information content (AvgIpc) is 3.24. The zero-order valence-electron chi connectivity index (χ0n) is 16.1. The zero-order valence-corrected chi connectivity index (χ0v) is 16.9. The van der Waals surface area contributed by atoms with Crippen LogP contribution >= 0.6 is 11.3 Å². The van der Waals surface area contributed by atoms with Crippen LogP contribution in [0.1, 0.15) is 11.1 Å². The van der Waals surface area contributed by atoms with Crippen molar-refractivity contribution in [1.29, 1.82) is 0 Å². The van der Waals surface area contributed by atoms with Gasteiger partial charge in [-0.25, -0.2) is 18.2 Å². The first-order valence-corrected chi connectivity index (χ1v) is 10.1. The number of benzene rings is 3. The van der Waals surface area contributed by atoms with E-state index in [1.165, 1.54) is 35.8 Å². The Morgan fingerprint density at radius 2 is 1.81 bits per heavy atom. The van der Waals surface area contributed by atoms with Crippen molar-refractivity contribution in [3.05, 3.63) is 101 Å². The van der Waals surface area contributed by atoms with Crippen molar-refractivity contribution >= 4 is 22.7 Å². The van der Waals surface area contributed by atoms with Gasteiger partial charge < -0.3 is 4.74 Å². The first kappa shape index (κ1) is 20.6. The van der Waals surface area contributed by atoms with Crippen LogP contribution in [0.5, 0.6) is 5.75 Å². The minimum Gasteiger partial charge on any atom is -0.486 e. The maximum absolute atomic E-state index is 14.3. The lowest BCUT2D eigenvalue weighted by atomic mass is 10.2. The Morgan fingerprint density at radius 3 is 2.58 bits per heavy atom. The molecule has 0 aliphatic carbocycles. The summed E-state index contributed by atoms with van der Waals surface area (Å²) in [5, 5.41) is 6.61. The van der Waals surface area contributed by atoms with Crippen LogP contribution in [0.3, 0.4) is 0 Å². The van der Waals surface area contributed by atoms with E-state index in [1.807, 2.05) is 35.7 Å². The van der Waals surface area contributed by atoms with E-state index in [4.69, 9.17) is 4.74 Å². The highest BCUT2D eigenvalue weighted by Crippen LogP contribution is 2.24. The fraction of sp³-hybridized carbons (Fsp3) is 0.0435. The first-order chi connectivity index (χ1) is 15.1. The largest absolute Gasteiger partial charge is 0.486 e. The minimum atomic E-state index is -0.743. The molecule has 1 aromatic heterocycles. The normalized spacial score (nSPS) is 11.1. The van der Waals surface area contributed by atoms with Crippen LogP contribution in [-0.2, 0) is 6.61 Å². The molecule has 0 spiro atoms. The highest BCUT2D eigenvalue weighted by molar-refractivity contribution is 7.14. The predicted molar refractivity (Wildman–Crippen MR) is 116 cm³/mol. The molecule has 4 aromatic rings. The summed E-state index contributed by atoms with van der Waals surface area (Å²) in [4.78, 5) is 4.45. The summed E-state index contributed by atoms with van der Waals surface area (Å²) in [6.45, 7) is -0.216. The molecule has 0 amide bonds. The van der Waals surface area contributed by atoms with Crippen molar-refractivity contribution < 1.29 is 17.9 Å². The molecule has 0 saturated heterocycles. The van der Waals surface area contributed by atoms with Crippen LogP contribution in [0.4, 0.5) is 18.3 Å². The molecule has 0 bridgehead atoms. The maximum atomic E-state index is 14.3. The van der Waals surface area contributed by atoms with Crippen LogP contribution in [0, 0.1) is 17.5 Å². The van der Waals surface area contributed by atoms with E-state index in [0.717, 1.165) is 23.4 Å². The molecule has 0 aliphatic heterocycles. The lowest BCUT2D eigenvalue weighted by Crippen LogP contribution is -2.01. The van der Waals surface area contributed by atoms with Crippen molar-refractivity contribution in [2.24, 2.45) is 5.10 Å². The molecule has 0 radical (unpaired) electrons. The zero-order chi connectivity index (χ0) is 21.6. The van der Waals surface area contributed by atoms with Gasteiger partial charge in [0.2, 0.25) is 5.13 Å². The van der Waals surface area contributed by atoms with Gasteiger partial charge in [-0.2, -0.15) is 5.10 Å². The molecular weight excluding hydrogens is 423 g/mol. The van der Waals surface area contributed by atoms with Crippen molar-refractivity contribution in [3.63, 3.8) is 0 Å². The van der Waals surface area contributed by atoms with Crippen LogP contribution < -0.4 is 10.2 Å². The van der Waals surface area contributed by atoms with Gasteiger partial charge in [0.05, 0.1) is 11.9 Å². The fourth-order valence-corrected chi connectivity index (χ4v) is 3.41. The molecule has 0 fully saturated rings. The SMILES string of the molecule is Fc1ccc(COc2ccc(C=NNc3nc(-c4ccccc4)cs3)cc2F)c(F)c1. The van der Waals surface area contributed by atoms with Crippen molar-refractivity contribution in [1.82, 2.24) is 4.98 Å². The smallest absolute Gasteiger partial charge is 0.203 e. The number of aromatic nitrogens is 1. The van der Waals surface area contributed by atoms with Gasteiger partial charge in [-0.1, -0.05) is 30.3 Å². The first-order valence-electron chi connectivity index (χ1n) is 9.25. The molecular formula is C23H16F3N3OS. The lowest BCUT2D eigenvalue weighted by molar-refractivity contribution is 0.284. The van der Waals surface area contributed by atoms with Gasteiger partial charge in [0.1, 0.15) is 18.2 Å². The molecule has 4 rings (SSSR count). The van der Waals surface area contributed by atoms with Crippen LogP contribution in [-0.4, -0.2) is 11.2 Å². The van der Waals surface area contributed by atoms with Gasteiger partial charge in [-0.15, -0.1) is 11.3 Å². The molecule has 4 nitrogen and oxygen atoms in total. The molecule has 1 heterocycles. The summed E-state index contributed by atoms with van der Waals surface area (Å²) in [6.07, 6.45) is 1.45. The highest BCUT2D eigenvalue weighted by Gasteiger charge is 2.08. The van der Waals surface area contributed by atoms with Crippen molar-refractivity contribution in [3.8, 4) is 17.0 Å². The van der Waals surface area contributed by atoms with Crippen LogP contribution in [0.2, 0.25) is 0 Å². The van der Waals surface area contributed by atoms with Gasteiger partial charge >= 0.3 is 0 Å². The summed E-state index contributed by atoms with van der Waals surface area (Å²) >= 11 is 1.41. The van der Waals surface area contributed by atoms with Crippen molar-refractivity contribution in [2.45, 2.75) is 6.61 Å². The second-order valence-electron chi connectivity index (χ2n) is 6.49. The van der Waals surface area contributed by atoms with Gasteiger partial charge in [0.15, 0.2) is 11.6 Å². The Balaban J connectivity index is 1.36. The molecule has 0 unspecified atom stereocenters. The minimum absolute atomic E-state index is 0.0405. The van der Waals surface area contributed by atoms with E-state index >= 15 is 0 Å². The summed E-state index contributed by atoms with van der Waals surface area (Å²) in [7, 11) is 0. The summed E-state index contributed by atoms with van der Waals surface area (Å²) in [5.41, 5.74) is 5.31. The third kappa shape index (κ3) is 5.29. The third-order valence-electron chi connectivity index (χ3n) is 4.30. The highest BCUT2D eigenvalue weighted by atomic mass is 32.1. The molecule has 8 heteroatoms. The standard InChI is InChI=1S/C23H16F3N3OS/c24-18-8-7-17(19(25)11-18)13-30-22-9-6-15(10-20(22)26)12-27-29-23-28-21(14-31-23)16-4-2-1-3-5-16/h1-12,14H,13H2,(H,28,29). The number of hydrogen-bond donors (Lipinski definition) is 1. The number of anilines is 1. The predicted octanol–water partition coefficient (Wildman–Crippen LogP) is 6.25. The van der Waals surface area contributed by atoms with E-state index in [1.54, 1.807) is 6.07 Å². The Bertz CT molecular complexity index is 1210. The number of halogens is 3. The summed E-state index contributed by atoms with van der Waals surface area (Å²) < 4.78 is 46.2. The average molecular weight is 439 g/mol. The Kier molecular flexibility index (Phi) is 6.28. The number of hydrogen-bond acceptors (Lipinski definition) is 5. The number of rotatable bonds is 7. The molecule has 156 valence electrons. The van der Waals surface area contributed by atoms with Gasteiger partial charge in [0.25, 0.3) is 0 Å². The van der Waals surface area contributed by atoms with E-state index < -0.39 is 17.5 Å². The molecule has 0 saturated carbocycles. The monoisotopic (exact) mass is 439 g/mol. The van der Waals surface area contributed by atoms with E-state index in [2.05, 4.69) is 15.5 Å². The lowest BCUT2D eigenvalue weighted by Gasteiger charge is -2.08. The Morgan fingerprint density at radius 1 is 0.968 bits per heavy atom. The number of hydrazone groups is 1.